The van der Waals surface area contributed by atoms with Crippen molar-refractivity contribution in [2.24, 2.45) is 0 Å². The van der Waals surface area contributed by atoms with Crippen molar-refractivity contribution in [3.8, 4) is 0 Å². The molecule has 3 heterocycles. The van der Waals surface area contributed by atoms with Crippen molar-refractivity contribution in [2.45, 2.75) is 48.0 Å². The lowest BCUT2D eigenvalue weighted by atomic mass is 9.71. The van der Waals surface area contributed by atoms with Gasteiger partial charge in [-0.05, 0) is 61.1 Å². The molecule has 0 spiro atoms. The number of hydrogen-bond acceptors (Lipinski definition) is 3. The van der Waals surface area contributed by atoms with Crippen molar-refractivity contribution in [2.75, 3.05) is 0 Å². The molecule has 2 unspecified atom stereocenters. The molecule has 1 saturated carbocycles. The number of halogens is 6. The Morgan fingerprint density at radius 1 is 0.800 bits per heavy atom. The fourth-order valence-electron chi connectivity index (χ4n) is 4.72. The van der Waals surface area contributed by atoms with E-state index in [0.717, 1.165) is 0 Å². The van der Waals surface area contributed by atoms with E-state index in [2.05, 4.69) is 4.98 Å². The molecule has 0 aromatic carbocycles. The van der Waals surface area contributed by atoms with E-state index in [1.807, 2.05) is 0 Å². The molecule has 2 aliphatic carbocycles. The van der Waals surface area contributed by atoms with Gasteiger partial charge in [0, 0.05) is 22.2 Å². The summed E-state index contributed by atoms with van der Waals surface area (Å²) in [6.45, 7) is 4.99. The normalized spacial score (nSPS) is 35.1. The monoisotopic (exact) mass is 459 g/mol. The van der Waals surface area contributed by atoms with Crippen LogP contribution in [0, 0.1) is 0 Å². The van der Waals surface area contributed by atoms with E-state index >= 15 is 0 Å². The molecular formula is C21H15F6NS2. The largest absolute Gasteiger partial charge is 0.380 e. The third-order valence-corrected chi connectivity index (χ3v) is 9.55. The number of nitrogens with zero attached hydrogens (tertiary/aromatic N) is 1. The number of thioether (sulfide) groups is 2. The maximum Gasteiger partial charge on any atom is 0.380 e. The van der Waals surface area contributed by atoms with Gasteiger partial charge in [0.25, 0.3) is 0 Å². The Morgan fingerprint density at radius 3 is 1.93 bits per heavy atom. The van der Waals surface area contributed by atoms with Crippen molar-refractivity contribution in [1.29, 1.82) is 0 Å². The summed E-state index contributed by atoms with van der Waals surface area (Å²) in [6, 6.07) is 5.07. The Kier molecular flexibility index (Phi) is 3.79. The van der Waals surface area contributed by atoms with Crippen LogP contribution in [0.5, 0.6) is 0 Å². The van der Waals surface area contributed by atoms with Gasteiger partial charge in [0.1, 0.15) is 0 Å². The number of fused-ring (bicyclic) bond motifs is 4. The first kappa shape index (κ1) is 20.3. The maximum absolute atomic E-state index is 15.0. The Labute approximate surface area is 177 Å². The van der Waals surface area contributed by atoms with Gasteiger partial charge in [0.05, 0.1) is 15.2 Å². The fourth-order valence-corrected chi connectivity index (χ4v) is 7.78. The van der Waals surface area contributed by atoms with Crippen LogP contribution in [0.15, 0.2) is 63.7 Å². The van der Waals surface area contributed by atoms with E-state index in [4.69, 9.17) is 0 Å². The molecule has 0 saturated heterocycles. The van der Waals surface area contributed by atoms with Crippen LogP contribution in [0.4, 0.5) is 26.3 Å². The van der Waals surface area contributed by atoms with E-state index in [9.17, 15) is 26.3 Å². The van der Waals surface area contributed by atoms with Crippen molar-refractivity contribution in [3.63, 3.8) is 0 Å². The van der Waals surface area contributed by atoms with Crippen LogP contribution in [0.3, 0.4) is 0 Å². The van der Waals surface area contributed by atoms with E-state index < -0.39 is 38.4 Å². The number of rotatable bonds is 1. The van der Waals surface area contributed by atoms with Gasteiger partial charge in [0.15, 0.2) is 0 Å². The van der Waals surface area contributed by atoms with Gasteiger partial charge in [-0.15, -0.1) is 23.5 Å². The standard InChI is InChI=1S/C21H15F6NS2/c1-10-8-11-15-16(20(24,25)21(26,27)19(15,22)23)12-9-14(13-6-4-5-7-28-13)30-18(12,3)17(11,2)29-10/h4-9H,1-3H3. The molecule has 2 aliphatic heterocycles. The van der Waals surface area contributed by atoms with Crippen molar-refractivity contribution >= 4 is 28.4 Å². The van der Waals surface area contributed by atoms with E-state index in [-0.39, 0.29) is 11.1 Å². The summed E-state index contributed by atoms with van der Waals surface area (Å²) in [7, 11) is 0. The second kappa shape index (κ2) is 5.59. The molecule has 0 bridgehead atoms. The van der Waals surface area contributed by atoms with Crippen LogP contribution >= 0.6 is 23.5 Å². The first-order valence-corrected chi connectivity index (χ1v) is 10.8. The lowest BCUT2D eigenvalue weighted by molar-refractivity contribution is -0.258. The van der Waals surface area contributed by atoms with Crippen LogP contribution in [0.1, 0.15) is 26.5 Å². The quantitative estimate of drug-likeness (QED) is 0.426. The van der Waals surface area contributed by atoms with E-state index in [0.29, 0.717) is 15.5 Å². The smallest absolute Gasteiger partial charge is 0.256 e. The van der Waals surface area contributed by atoms with Crippen LogP contribution < -0.4 is 0 Å². The van der Waals surface area contributed by atoms with E-state index in [1.54, 1.807) is 39.0 Å². The summed E-state index contributed by atoms with van der Waals surface area (Å²) >= 11 is 2.45. The van der Waals surface area contributed by atoms with Gasteiger partial charge in [-0.2, -0.15) is 26.3 Å². The average molecular weight is 459 g/mol. The maximum atomic E-state index is 15.0. The third-order valence-electron chi connectivity index (χ3n) is 6.36. The molecule has 30 heavy (non-hydrogen) atoms. The molecule has 5 rings (SSSR count). The Balaban J connectivity index is 1.89. The number of aromatic nitrogens is 1. The molecule has 1 aromatic rings. The Morgan fingerprint density at radius 2 is 1.37 bits per heavy atom. The predicted octanol–water partition coefficient (Wildman–Crippen LogP) is 6.86. The zero-order valence-electron chi connectivity index (χ0n) is 16.0. The number of allylic oxidation sites excluding steroid dienone is 5. The van der Waals surface area contributed by atoms with Gasteiger partial charge < -0.3 is 0 Å². The minimum atomic E-state index is -5.52. The minimum absolute atomic E-state index is 0.142. The molecule has 1 fully saturated rings. The highest BCUT2D eigenvalue weighted by Gasteiger charge is 2.84. The third kappa shape index (κ3) is 2.04. The first-order valence-electron chi connectivity index (χ1n) is 9.13. The highest BCUT2D eigenvalue weighted by atomic mass is 32.2. The summed E-state index contributed by atoms with van der Waals surface area (Å²) in [5, 5.41) is 0. The van der Waals surface area contributed by atoms with E-state index in [1.165, 1.54) is 41.9 Å². The summed E-state index contributed by atoms with van der Waals surface area (Å²) in [6.07, 6.45) is 4.22. The average Bonchev–Trinajstić information content (AvgIpc) is 3.20. The van der Waals surface area contributed by atoms with Crippen LogP contribution in [-0.2, 0) is 0 Å². The molecule has 0 amide bonds. The predicted molar refractivity (Wildman–Crippen MR) is 107 cm³/mol. The van der Waals surface area contributed by atoms with Gasteiger partial charge in [0.2, 0.25) is 0 Å². The first-order chi connectivity index (χ1) is 13.8. The number of pyridine rings is 1. The van der Waals surface area contributed by atoms with Crippen LogP contribution in [-0.4, -0.2) is 32.2 Å². The molecule has 2 atom stereocenters. The van der Waals surface area contributed by atoms with Crippen molar-refractivity contribution in [1.82, 2.24) is 4.98 Å². The van der Waals surface area contributed by atoms with Gasteiger partial charge in [-0.3, -0.25) is 4.98 Å². The van der Waals surface area contributed by atoms with Gasteiger partial charge >= 0.3 is 17.8 Å². The van der Waals surface area contributed by atoms with Crippen LogP contribution in [0.2, 0.25) is 0 Å². The van der Waals surface area contributed by atoms with Crippen LogP contribution in [0.25, 0.3) is 4.91 Å². The molecule has 158 valence electrons. The molecule has 9 heteroatoms. The fraction of sp³-hybridized carbons (Fsp3) is 0.381. The molecular weight excluding hydrogens is 444 g/mol. The molecule has 1 aromatic heterocycles. The summed E-state index contributed by atoms with van der Waals surface area (Å²) in [5.74, 6) is -15.5. The SMILES string of the molecule is CC1=CC2=C3C(=C4C=C(c5ccccn5)SC4(C)C2(C)S1)C(F)(F)C(F)(F)C3(F)F. The molecule has 1 nitrogen and oxygen atoms in total. The van der Waals surface area contributed by atoms with Crippen molar-refractivity contribution < 1.29 is 26.3 Å². The van der Waals surface area contributed by atoms with Gasteiger partial charge in [-0.1, -0.05) is 6.07 Å². The zero-order valence-corrected chi connectivity index (χ0v) is 17.6. The number of alkyl halides is 6. The summed E-state index contributed by atoms with van der Waals surface area (Å²) in [5.41, 5.74) is -2.30. The second-order valence-electron chi connectivity index (χ2n) is 8.05. The molecule has 0 N–H and O–H groups in total. The summed E-state index contributed by atoms with van der Waals surface area (Å²) < 4.78 is 86.3. The zero-order chi connectivity index (χ0) is 21.9. The van der Waals surface area contributed by atoms with Gasteiger partial charge in [-0.25, -0.2) is 0 Å². The lowest BCUT2D eigenvalue weighted by Gasteiger charge is -2.47. The molecule has 0 radical (unpaired) electrons. The highest BCUT2D eigenvalue weighted by Crippen LogP contribution is 2.74. The van der Waals surface area contributed by atoms with Crippen molar-refractivity contribution in [3.05, 3.63) is 69.4 Å². The minimum Gasteiger partial charge on any atom is -0.256 e. The topological polar surface area (TPSA) is 12.9 Å². The molecule has 4 aliphatic rings. The summed E-state index contributed by atoms with van der Waals surface area (Å²) in [4.78, 5) is 5.32. The Bertz CT molecular complexity index is 1120. The lowest BCUT2D eigenvalue weighted by Crippen LogP contribution is -2.48. The highest BCUT2D eigenvalue weighted by molar-refractivity contribution is 8.12. The Hall–Kier alpha value is -1.61. The number of hydrogen-bond donors (Lipinski definition) is 0. The second-order valence-corrected chi connectivity index (χ2v) is 11.2.